The average molecular weight is 359 g/mol. The first-order valence-corrected chi connectivity index (χ1v) is 7.23. The molecule has 0 fully saturated rings. The van der Waals surface area contributed by atoms with Gasteiger partial charge in [-0.2, -0.15) is 0 Å². The molecule has 2 nitrogen and oxygen atoms in total. The summed E-state index contributed by atoms with van der Waals surface area (Å²) in [4.78, 5) is 0. The zero-order valence-electron chi connectivity index (χ0n) is 11.1. The molecule has 0 spiro atoms. The average Bonchev–Trinajstić information content (AvgIpc) is 2.38. The first-order chi connectivity index (χ1) is 9.51. The van der Waals surface area contributed by atoms with Crippen LogP contribution in [0, 0.1) is 5.82 Å². The summed E-state index contributed by atoms with van der Waals surface area (Å²) >= 11 is 9.50. The van der Waals surface area contributed by atoms with Gasteiger partial charge in [-0.05, 0) is 58.7 Å². The van der Waals surface area contributed by atoms with E-state index in [-0.39, 0.29) is 11.9 Å². The molecule has 0 heterocycles. The molecule has 2 aromatic rings. The van der Waals surface area contributed by atoms with E-state index in [1.54, 1.807) is 13.2 Å². The normalized spacial score (nSPS) is 12.1. The molecule has 0 amide bonds. The lowest BCUT2D eigenvalue weighted by Crippen LogP contribution is -2.07. The zero-order valence-corrected chi connectivity index (χ0v) is 13.4. The van der Waals surface area contributed by atoms with E-state index in [0.717, 1.165) is 21.5 Å². The van der Waals surface area contributed by atoms with Gasteiger partial charge in [0.1, 0.15) is 11.6 Å². The lowest BCUT2D eigenvalue weighted by atomic mass is 10.1. The first-order valence-electron chi connectivity index (χ1n) is 6.06. The minimum Gasteiger partial charge on any atom is -0.496 e. The van der Waals surface area contributed by atoms with Crippen molar-refractivity contribution < 1.29 is 9.13 Å². The molecule has 0 aliphatic rings. The van der Waals surface area contributed by atoms with Gasteiger partial charge in [-0.25, -0.2) is 4.39 Å². The van der Waals surface area contributed by atoms with E-state index in [2.05, 4.69) is 21.2 Å². The zero-order chi connectivity index (χ0) is 14.7. The summed E-state index contributed by atoms with van der Waals surface area (Å²) in [5.41, 5.74) is 1.77. The van der Waals surface area contributed by atoms with Crippen LogP contribution in [0.5, 0.6) is 5.75 Å². The minimum atomic E-state index is -0.335. The van der Waals surface area contributed by atoms with Gasteiger partial charge < -0.3 is 10.1 Å². The van der Waals surface area contributed by atoms with Gasteiger partial charge in [-0.3, -0.25) is 0 Å². The van der Waals surface area contributed by atoms with Crippen LogP contribution in [-0.2, 0) is 0 Å². The molecule has 2 rings (SSSR count). The fourth-order valence-electron chi connectivity index (χ4n) is 1.94. The number of anilines is 1. The van der Waals surface area contributed by atoms with Crippen molar-refractivity contribution in [2.45, 2.75) is 13.0 Å². The number of methoxy groups -OCH3 is 1. The lowest BCUT2D eigenvalue weighted by molar-refractivity contribution is 0.412. The van der Waals surface area contributed by atoms with Gasteiger partial charge in [0.15, 0.2) is 0 Å². The van der Waals surface area contributed by atoms with Crippen LogP contribution in [0.3, 0.4) is 0 Å². The highest BCUT2D eigenvalue weighted by Crippen LogP contribution is 2.31. The van der Waals surface area contributed by atoms with Crippen LogP contribution in [0.1, 0.15) is 18.5 Å². The monoisotopic (exact) mass is 357 g/mol. The summed E-state index contributed by atoms with van der Waals surface area (Å²) in [5, 5.41) is 3.73. The molecule has 2 aromatic carbocycles. The predicted octanol–water partition coefficient (Wildman–Crippen LogP) is 5.42. The van der Waals surface area contributed by atoms with Gasteiger partial charge in [-0.15, -0.1) is 0 Å². The molecule has 0 radical (unpaired) electrons. The van der Waals surface area contributed by atoms with Gasteiger partial charge in [0.2, 0.25) is 0 Å². The van der Waals surface area contributed by atoms with Gasteiger partial charge in [0.25, 0.3) is 0 Å². The Kier molecular flexibility index (Phi) is 4.89. The van der Waals surface area contributed by atoms with Crippen LogP contribution in [0.2, 0.25) is 5.02 Å². The van der Waals surface area contributed by atoms with Crippen molar-refractivity contribution in [3.63, 3.8) is 0 Å². The third kappa shape index (κ3) is 3.44. The van der Waals surface area contributed by atoms with Crippen molar-refractivity contribution >= 4 is 33.2 Å². The Morgan fingerprint density at radius 1 is 1.25 bits per heavy atom. The van der Waals surface area contributed by atoms with Gasteiger partial charge in [-0.1, -0.05) is 17.7 Å². The number of halogens is 3. The number of hydrogen-bond acceptors (Lipinski definition) is 2. The minimum absolute atomic E-state index is 0.0385. The SMILES string of the molecule is COc1ccc(NC(C)c2ccc(F)cc2Cl)cc1Br. The molecule has 106 valence electrons. The molecule has 0 bridgehead atoms. The lowest BCUT2D eigenvalue weighted by Gasteiger charge is -2.17. The molecule has 1 N–H and O–H groups in total. The largest absolute Gasteiger partial charge is 0.496 e. The number of ether oxygens (including phenoxy) is 1. The second-order valence-electron chi connectivity index (χ2n) is 4.38. The van der Waals surface area contributed by atoms with Crippen molar-refractivity contribution in [1.82, 2.24) is 0 Å². The maximum Gasteiger partial charge on any atom is 0.133 e. The van der Waals surface area contributed by atoms with E-state index in [0.29, 0.717) is 5.02 Å². The second-order valence-corrected chi connectivity index (χ2v) is 5.64. The quantitative estimate of drug-likeness (QED) is 0.787. The summed E-state index contributed by atoms with van der Waals surface area (Å²) in [6.45, 7) is 1.97. The molecular formula is C15H14BrClFNO. The molecule has 20 heavy (non-hydrogen) atoms. The number of benzene rings is 2. The molecule has 5 heteroatoms. The van der Waals surface area contributed by atoms with Gasteiger partial charge >= 0.3 is 0 Å². The van der Waals surface area contributed by atoms with Crippen molar-refractivity contribution in [2.24, 2.45) is 0 Å². The molecule has 0 saturated carbocycles. The third-order valence-electron chi connectivity index (χ3n) is 2.96. The van der Waals surface area contributed by atoms with Gasteiger partial charge in [0, 0.05) is 16.8 Å². The smallest absolute Gasteiger partial charge is 0.133 e. The Bertz CT molecular complexity index is 621. The third-order valence-corrected chi connectivity index (χ3v) is 3.91. The fraction of sp³-hybridized carbons (Fsp3) is 0.200. The molecule has 0 saturated heterocycles. The standard InChI is InChI=1S/C15H14BrClFNO/c1-9(12-5-3-10(18)7-14(12)17)19-11-4-6-15(20-2)13(16)8-11/h3-9,19H,1-2H3. The van der Waals surface area contributed by atoms with Crippen molar-refractivity contribution in [3.05, 3.63) is 57.3 Å². The summed E-state index contributed by atoms with van der Waals surface area (Å²) in [6.07, 6.45) is 0. The topological polar surface area (TPSA) is 21.3 Å². The predicted molar refractivity (Wildman–Crippen MR) is 84.1 cm³/mol. The summed E-state index contributed by atoms with van der Waals surface area (Å²) < 4.78 is 19.1. The van der Waals surface area contributed by atoms with Crippen LogP contribution < -0.4 is 10.1 Å². The Morgan fingerprint density at radius 2 is 2.00 bits per heavy atom. The maximum absolute atomic E-state index is 13.0. The van der Waals surface area contributed by atoms with E-state index in [9.17, 15) is 4.39 Å². The van der Waals surface area contributed by atoms with E-state index < -0.39 is 0 Å². The molecule has 0 aromatic heterocycles. The van der Waals surface area contributed by atoms with Crippen LogP contribution in [0.15, 0.2) is 40.9 Å². The Morgan fingerprint density at radius 3 is 2.60 bits per heavy atom. The molecule has 0 aliphatic carbocycles. The van der Waals surface area contributed by atoms with Crippen LogP contribution in [0.4, 0.5) is 10.1 Å². The second kappa shape index (κ2) is 6.46. The first kappa shape index (κ1) is 15.1. The number of rotatable bonds is 4. The fourth-order valence-corrected chi connectivity index (χ4v) is 2.81. The molecular weight excluding hydrogens is 345 g/mol. The molecule has 1 atom stereocenters. The Hall–Kier alpha value is -1.26. The Balaban J connectivity index is 2.18. The van der Waals surface area contributed by atoms with E-state index in [1.165, 1.54) is 12.1 Å². The van der Waals surface area contributed by atoms with Crippen molar-refractivity contribution in [3.8, 4) is 5.75 Å². The highest BCUT2D eigenvalue weighted by Gasteiger charge is 2.11. The van der Waals surface area contributed by atoms with Crippen molar-refractivity contribution in [2.75, 3.05) is 12.4 Å². The van der Waals surface area contributed by atoms with Crippen LogP contribution >= 0.6 is 27.5 Å². The molecule has 0 aliphatic heterocycles. The van der Waals surface area contributed by atoms with Crippen LogP contribution in [-0.4, -0.2) is 7.11 Å². The molecule has 1 unspecified atom stereocenters. The summed E-state index contributed by atoms with van der Waals surface area (Å²) in [6, 6.07) is 10.1. The maximum atomic E-state index is 13.0. The highest BCUT2D eigenvalue weighted by molar-refractivity contribution is 9.10. The number of hydrogen-bond donors (Lipinski definition) is 1. The Labute approximate surface area is 131 Å². The van der Waals surface area contributed by atoms with E-state index in [4.69, 9.17) is 16.3 Å². The van der Waals surface area contributed by atoms with Gasteiger partial charge in [0.05, 0.1) is 11.6 Å². The van der Waals surface area contributed by atoms with E-state index >= 15 is 0 Å². The summed E-state index contributed by atoms with van der Waals surface area (Å²) in [5.74, 6) is 0.432. The highest BCUT2D eigenvalue weighted by atomic mass is 79.9. The number of nitrogens with one attached hydrogen (secondary N) is 1. The summed E-state index contributed by atoms with van der Waals surface area (Å²) in [7, 11) is 1.62. The van der Waals surface area contributed by atoms with Crippen LogP contribution in [0.25, 0.3) is 0 Å². The van der Waals surface area contributed by atoms with E-state index in [1.807, 2.05) is 25.1 Å². The van der Waals surface area contributed by atoms with Crippen molar-refractivity contribution in [1.29, 1.82) is 0 Å².